The number of rotatable bonds is 8. The summed E-state index contributed by atoms with van der Waals surface area (Å²) < 4.78 is 10.9. The van der Waals surface area contributed by atoms with Gasteiger partial charge in [0.15, 0.2) is 18.1 Å². The minimum Gasteiger partial charge on any atom is -0.493 e. The van der Waals surface area contributed by atoms with Gasteiger partial charge in [-0.15, -0.1) is 11.8 Å². The van der Waals surface area contributed by atoms with E-state index < -0.39 is 0 Å². The first kappa shape index (κ1) is 20.1. The predicted octanol–water partition coefficient (Wildman–Crippen LogP) is 2.54. The highest BCUT2D eigenvalue weighted by Gasteiger charge is 2.27. The van der Waals surface area contributed by atoms with Gasteiger partial charge in [-0.3, -0.25) is 9.59 Å². The van der Waals surface area contributed by atoms with Gasteiger partial charge in [0.2, 0.25) is 5.91 Å². The van der Waals surface area contributed by atoms with Crippen LogP contribution in [0.15, 0.2) is 47.4 Å². The van der Waals surface area contributed by atoms with Gasteiger partial charge in [-0.2, -0.15) is 0 Å². The van der Waals surface area contributed by atoms with Crippen LogP contribution in [0.5, 0.6) is 11.5 Å². The summed E-state index contributed by atoms with van der Waals surface area (Å²) in [4.78, 5) is 25.2. The topological polar surface area (TPSA) is 76.7 Å². The Morgan fingerprint density at radius 3 is 2.71 bits per heavy atom. The summed E-state index contributed by atoms with van der Waals surface area (Å²) in [7, 11) is 1.54. The third-order valence-electron chi connectivity index (χ3n) is 4.37. The third kappa shape index (κ3) is 4.98. The molecule has 0 aromatic heterocycles. The molecule has 6 nitrogen and oxygen atoms in total. The molecular formula is C21H24N2O4S. The number of carbonyl (C=O) groups is 2. The molecule has 2 aromatic rings. The van der Waals surface area contributed by atoms with Crippen molar-refractivity contribution in [1.82, 2.24) is 10.6 Å². The first-order chi connectivity index (χ1) is 13.6. The molecule has 0 saturated carbocycles. The van der Waals surface area contributed by atoms with Crippen LogP contribution in [-0.2, 0) is 22.6 Å². The summed E-state index contributed by atoms with van der Waals surface area (Å²) in [6, 6.07) is 13.5. The number of nitrogens with one attached hydrogen (secondary N) is 2. The zero-order valence-corrected chi connectivity index (χ0v) is 16.8. The van der Waals surface area contributed by atoms with Gasteiger partial charge in [-0.05, 0) is 42.7 Å². The molecule has 2 aromatic carbocycles. The van der Waals surface area contributed by atoms with Crippen LogP contribution in [0.25, 0.3) is 0 Å². The number of benzene rings is 2. The summed E-state index contributed by atoms with van der Waals surface area (Å²) in [6.07, 6.45) is 0.753. The van der Waals surface area contributed by atoms with Crippen LogP contribution in [0.4, 0.5) is 0 Å². The van der Waals surface area contributed by atoms with E-state index in [2.05, 4.69) is 22.8 Å². The Hall–Kier alpha value is -2.67. The van der Waals surface area contributed by atoms with E-state index in [1.165, 1.54) is 10.5 Å². The van der Waals surface area contributed by atoms with Crippen LogP contribution in [-0.4, -0.2) is 37.3 Å². The van der Waals surface area contributed by atoms with Gasteiger partial charge >= 0.3 is 0 Å². The van der Waals surface area contributed by atoms with Gasteiger partial charge in [0.1, 0.15) is 0 Å². The Morgan fingerprint density at radius 2 is 1.96 bits per heavy atom. The molecule has 1 atom stereocenters. The Balaban J connectivity index is 1.54. The minimum absolute atomic E-state index is 0.0248. The number of ether oxygens (including phenoxy) is 2. The molecule has 0 fully saturated rings. The molecule has 0 spiro atoms. The van der Waals surface area contributed by atoms with E-state index >= 15 is 0 Å². The third-order valence-corrected chi connectivity index (χ3v) is 5.68. The molecule has 0 bridgehead atoms. The molecule has 28 heavy (non-hydrogen) atoms. The maximum atomic E-state index is 12.5. The van der Waals surface area contributed by atoms with Crippen molar-refractivity contribution in [3.05, 3.63) is 53.6 Å². The molecule has 0 radical (unpaired) electrons. The van der Waals surface area contributed by atoms with Crippen molar-refractivity contribution in [1.29, 1.82) is 0 Å². The maximum absolute atomic E-state index is 12.5. The standard InChI is InChI=1S/C21H24N2O4S/c1-3-22-20(24)13-27-16-9-8-14(10-17(16)26-2)12-23-21(25)19-11-15-6-4-5-7-18(15)28-19/h4-10,19H,3,11-13H2,1-2H3,(H,22,24)(H,23,25). The lowest BCUT2D eigenvalue weighted by atomic mass is 10.1. The average Bonchev–Trinajstić information content (AvgIpc) is 3.15. The quantitative estimate of drug-likeness (QED) is 0.712. The lowest BCUT2D eigenvalue weighted by Crippen LogP contribution is -2.32. The summed E-state index contributed by atoms with van der Waals surface area (Å²) in [5.41, 5.74) is 2.12. The van der Waals surface area contributed by atoms with Gasteiger partial charge < -0.3 is 20.1 Å². The molecule has 2 amide bonds. The largest absolute Gasteiger partial charge is 0.493 e. The monoisotopic (exact) mass is 400 g/mol. The van der Waals surface area contributed by atoms with Crippen LogP contribution < -0.4 is 20.1 Å². The van der Waals surface area contributed by atoms with E-state index in [9.17, 15) is 9.59 Å². The fourth-order valence-electron chi connectivity index (χ4n) is 2.96. The zero-order valence-electron chi connectivity index (χ0n) is 16.0. The summed E-state index contributed by atoms with van der Waals surface area (Å²) in [5, 5.41) is 5.57. The van der Waals surface area contributed by atoms with E-state index in [0.29, 0.717) is 24.6 Å². The highest BCUT2D eigenvalue weighted by atomic mass is 32.2. The summed E-state index contributed by atoms with van der Waals surface area (Å²) in [6.45, 7) is 2.74. The number of thioether (sulfide) groups is 1. The van der Waals surface area contributed by atoms with Crippen molar-refractivity contribution in [2.45, 2.75) is 30.0 Å². The highest BCUT2D eigenvalue weighted by molar-refractivity contribution is 8.01. The fourth-order valence-corrected chi connectivity index (χ4v) is 4.18. The summed E-state index contributed by atoms with van der Waals surface area (Å²) >= 11 is 1.61. The summed E-state index contributed by atoms with van der Waals surface area (Å²) in [5.74, 6) is 0.858. The smallest absolute Gasteiger partial charge is 0.257 e. The minimum atomic E-state index is -0.184. The molecule has 1 unspecified atom stereocenters. The molecular weight excluding hydrogens is 376 g/mol. The number of likely N-dealkylation sites (N-methyl/N-ethyl adjacent to an activating group) is 1. The fraction of sp³-hybridized carbons (Fsp3) is 0.333. The number of methoxy groups -OCH3 is 1. The van der Waals surface area contributed by atoms with Crippen LogP contribution >= 0.6 is 11.8 Å². The molecule has 7 heteroatoms. The number of amides is 2. The normalized spacial score (nSPS) is 14.9. The second-order valence-electron chi connectivity index (χ2n) is 6.36. The van der Waals surface area contributed by atoms with Crippen LogP contribution in [0, 0.1) is 0 Å². The molecule has 0 aliphatic carbocycles. The maximum Gasteiger partial charge on any atom is 0.257 e. The number of hydrogen-bond donors (Lipinski definition) is 2. The van der Waals surface area contributed by atoms with Crippen molar-refractivity contribution in [3.8, 4) is 11.5 Å². The molecule has 1 aliphatic rings. The Bertz CT molecular complexity index is 831. The van der Waals surface area contributed by atoms with E-state index in [1.807, 2.05) is 31.2 Å². The number of hydrogen-bond acceptors (Lipinski definition) is 5. The van der Waals surface area contributed by atoms with Gasteiger partial charge in [-0.25, -0.2) is 0 Å². The zero-order chi connectivity index (χ0) is 19.9. The van der Waals surface area contributed by atoms with Gasteiger partial charge in [0, 0.05) is 18.0 Å². The van der Waals surface area contributed by atoms with Crippen molar-refractivity contribution >= 4 is 23.6 Å². The molecule has 148 valence electrons. The van der Waals surface area contributed by atoms with E-state index in [0.717, 1.165) is 12.0 Å². The van der Waals surface area contributed by atoms with E-state index in [-0.39, 0.29) is 23.7 Å². The Kier molecular flexibility index (Phi) is 6.81. The second-order valence-corrected chi connectivity index (χ2v) is 7.61. The molecule has 1 aliphatic heterocycles. The molecule has 0 saturated heterocycles. The molecule has 1 heterocycles. The first-order valence-corrected chi connectivity index (χ1v) is 10.1. The molecule has 3 rings (SSSR count). The lowest BCUT2D eigenvalue weighted by Gasteiger charge is -2.13. The van der Waals surface area contributed by atoms with Gasteiger partial charge in [0.25, 0.3) is 5.91 Å². The SMILES string of the molecule is CCNC(=O)COc1ccc(CNC(=O)C2Cc3ccccc3S2)cc1OC. The average molecular weight is 401 g/mol. The first-order valence-electron chi connectivity index (χ1n) is 9.19. The van der Waals surface area contributed by atoms with Crippen LogP contribution in [0.2, 0.25) is 0 Å². The van der Waals surface area contributed by atoms with E-state index in [1.54, 1.807) is 24.9 Å². The van der Waals surface area contributed by atoms with Crippen molar-refractivity contribution in [2.24, 2.45) is 0 Å². The Labute approximate surface area is 169 Å². The predicted molar refractivity (Wildman–Crippen MR) is 109 cm³/mol. The van der Waals surface area contributed by atoms with Gasteiger partial charge in [0.05, 0.1) is 12.4 Å². The van der Waals surface area contributed by atoms with Crippen LogP contribution in [0.3, 0.4) is 0 Å². The van der Waals surface area contributed by atoms with Crippen LogP contribution in [0.1, 0.15) is 18.1 Å². The van der Waals surface area contributed by atoms with Crippen molar-refractivity contribution in [2.75, 3.05) is 20.3 Å². The van der Waals surface area contributed by atoms with Crippen molar-refractivity contribution < 1.29 is 19.1 Å². The van der Waals surface area contributed by atoms with Gasteiger partial charge in [-0.1, -0.05) is 24.3 Å². The lowest BCUT2D eigenvalue weighted by molar-refractivity contribution is -0.123. The highest BCUT2D eigenvalue weighted by Crippen LogP contribution is 2.36. The van der Waals surface area contributed by atoms with E-state index in [4.69, 9.17) is 9.47 Å². The Morgan fingerprint density at radius 1 is 1.14 bits per heavy atom. The number of fused-ring (bicyclic) bond motifs is 1. The second kappa shape index (κ2) is 9.50. The van der Waals surface area contributed by atoms with Crippen molar-refractivity contribution in [3.63, 3.8) is 0 Å². The number of carbonyl (C=O) groups excluding carboxylic acids is 2. The molecule has 2 N–H and O–H groups in total.